The van der Waals surface area contributed by atoms with Crippen LogP contribution in [0, 0.1) is 5.92 Å². The molecule has 0 aliphatic heterocycles. The second kappa shape index (κ2) is 4.81. The largest absolute Gasteiger partial charge is 0.478 e. The van der Waals surface area contributed by atoms with Crippen molar-refractivity contribution in [1.29, 1.82) is 0 Å². The third-order valence-corrected chi connectivity index (χ3v) is 4.36. The van der Waals surface area contributed by atoms with Crippen molar-refractivity contribution in [3.05, 3.63) is 34.2 Å². The summed E-state index contributed by atoms with van der Waals surface area (Å²) in [5, 5.41) is 9.01. The molecule has 1 heterocycles. The molecular formula is C15H18N2O3. The van der Waals surface area contributed by atoms with Gasteiger partial charge in [0.05, 0.1) is 16.6 Å². The van der Waals surface area contributed by atoms with E-state index in [1.807, 2.05) is 4.57 Å². The van der Waals surface area contributed by atoms with Crippen LogP contribution in [0.1, 0.15) is 49.0 Å². The number of aromatic nitrogens is 2. The zero-order valence-corrected chi connectivity index (χ0v) is 11.4. The first-order valence-corrected chi connectivity index (χ1v) is 7.05. The molecule has 2 aromatic rings. The number of benzene rings is 1. The lowest BCUT2D eigenvalue weighted by atomic mass is 9.85. The van der Waals surface area contributed by atoms with Crippen molar-refractivity contribution in [3.63, 3.8) is 0 Å². The SMILES string of the molecule is CC1CCCCC1n1c(=O)[nH]c2cc(C(=O)O)ccc21. The molecule has 3 rings (SSSR count). The lowest BCUT2D eigenvalue weighted by molar-refractivity contribution is 0.0697. The number of H-pyrrole nitrogens is 1. The molecule has 1 saturated carbocycles. The number of carbonyl (C=O) groups is 1. The van der Waals surface area contributed by atoms with E-state index in [1.54, 1.807) is 12.1 Å². The molecule has 1 aliphatic carbocycles. The summed E-state index contributed by atoms with van der Waals surface area (Å²) in [6, 6.07) is 5.03. The van der Waals surface area contributed by atoms with Gasteiger partial charge in [0.15, 0.2) is 0 Å². The van der Waals surface area contributed by atoms with Gasteiger partial charge in [-0.3, -0.25) is 4.57 Å². The molecule has 0 saturated heterocycles. The summed E-state index contributed by atoms with van der Waals surface area (Å²) in [5.74, 6) is -0.508. The Morgan fingerprint density at radius 3 is 2.80 bits per heavy atom. The highest BCUT2D eigenvalue weighted by Gasteiger charge is 2.26. The van der Waals surface area contributed by atoms with E-state index in [9.17, 15) is 9.59 Å². The minimum Gasteiger partial charge on any atom is -0.478 e. The van der Waals surface area contributed by atoms with Crippen LogP contribution in [0.15, 0.2) is 23.0 Å². The van der Waals surface area contributed by atoms with Crippen molar-refractivity contribution in [2.75, 3.05) is 0 Å². The lowest BCUT2D eigenvalue weighted by Gasteiger charge is -2.29. The van der Waals surface area contributed by atoms with Gasteiger partial charge >= 0.3 is 11.7 Å². The maximum Gasteiger partial charge on any atom is 0.335 e. The number of fused-ring (bicyclic) bond motifs is 1. The highest BCUT2D eigenvalue weighted by atomic mass is 16.4. The summed E-state index contributed by atoms with van der Waals surface area (Å²) in [6.45, 7) is 2.18. The average Bonchev–Trinajstić information content (AvgIpc) is 2.74. The van der Waals surface area contributed by atoms with Crippen LogP contribution >= 0.6 is 0 Å². The van der Waals surface area contributed by atoms with Gasteiger partial charge in [0.25, 0.3) is 0 Å². The van der Waals surface area contributed by atoms with Gasteiger partial charge < -0.3 is 10.1 Å². The Morgan fingerprint density at radius 1 is 1.35 bits per heavy atom. The highest BCUT2D eigenvalue weighted by Crippen LogP contribution is 2.34. The Kier molecular flexibility index (Phi) is 3.12. The molecule has 20 heavy (non-hydrogen) atoms. The first-order valence-electron chi connectivity index (χ1n) is 7.05. The van der Waals surface area contributed by atoms with Crippen molar-refractivity contribution in [2.45, 2.75) is 38.6 Å². The van der Waals surface area contributed by atoms with Crippen LogP contribution in [0.25, 0.3) is 11.0 Å². The zero-order chi connectivity index (χ0) is 14.3. The number of hydrogen-bond acceptors (Lipinski definition) is 2. The fraction of sp³-hybridized carbons (Fsp3) is 0.467. The van der Waals surface area contributed by atoms with Crippen molar-refractivity contribution in [2.24, 2.45) is 5.92 Å². The van der Waals surface area contributed by atoms with E-state index >= 15 is 0 Å². The van der Waals surface area contributed by atoms with E-state index < -0.39 is 5.97 Å². The number of carboxylic acid groups (broad SMARTS) is 1. The molecule has 1 fully saturated rings. The lowest BCUT2D eigenvalue weighted by Crippen LogP contribution is -2.28. The zero-order valence-electron chi connectivity index (χ0n) is 11.4. The number of nitrogens with zero attached hydrogens (tertiary/aromatic N) is 1. The molecule has 1 aliphatic rings. The van der Waals surface area contributed by atoms with Crippen LogP contribution in [-0.4, -0.2) is 20.6 Å². The van der Waals surface area contributed by atoms with Crippen LogP contribution < -0.4 is 5.69 Å². The first-order chi connectivity index (χ1) is 9.58. The summed E-state index contributed by atoms with van der Waals surface area (Å²) in [5.41, 5.74) is 1.47. The second-order valence-corrected chi connectivity index (χ2v) is 5.67. The monoisotopic (exact) mass is 274 g/mol. The van der Waals surface area contributed by atoms with Gasteiger partial charge in [0.2, 0.25) is 0 Å². The minimum atomic E-state index is -0.980. The molecular weight excluding hydrogens is 256 g/mol. The van der Waals surface area contributed by atoms with Gasteiger partial charge in [-0.2, -0.15) is 0 Å². The maximum atomic E-state index is 12.2. The van der Waals surface area contributed by atoms with Crippen LogP contribution in [0.3, 0.4) is 0 Å². The van der Waals surface area contributed by atoms with Gasteiger partial charge in [-0.1, -0.05) is 19.8 Å². The summed E-state index contributed by atoms with van der Waals surface area (Å²) < 4.78 is 1.81. The normalized spacial score (nSPS) is 23.1. The van der Waals surface area contributed by atoms with E-state index in [-0.39, 0.29) is 17.3 Å². The Balaban J connectivity index is 2.13. The van der Waals surface area contributed by atoms with Gasteiger partial charge in [0.1, 0.15) is 0 Å². The number of hydrogen-bond donors (Lipinski definition) is 2. The standard InChI is InChI=1S/C15H18N2O3/c1-9-4-2-3-5-12(9)17-13-7-6-10(14(18)19)8-11(13)16-15(17)20/h6-9,12H,2-5H2,1H3,(H,16,20)(H,18,19). The number of rotatable bonds is 2. The average molecular weight is 274 g/mol. The van der Waals surface area contributed by atoms with E-state index in [4.69, 9.17) is 5.11 Å². The molecule has 1 aromatic heterocycles. The van der Waals surface area contributed by atoms with Crippen molar-refractivity contribution in [3.8, 4) is 0 Å². The summed E-state index contributed by atoms with van der Waals surface area (Å²) in [7, 11) is 0. The Bertz CT molecular complexity index is 713. The van der Waals surface area contributed by atoms with E-state index in [0.29, 0.717) is 11.4 Å². The molecule has 0 amide bonds. The Hall–Kier alpha value is -2.04. The molecule has 2 N–H and O–H groups in total. The van der Waals surface area contributed by atoms with Crippen molar-refractivity contribution < 1.29 is 9.90 Å². The van der Waals surface area contributed by atoms with Crippen LogP contribution in [0.2, 0.25) is 0 Å². The predicted octanol–water partition coefficient (Wildman–Crippen LogP) is 2.78. The van der Waals surface area contributed by atoms with E-state index in [2.05, 4.69) is 11.9 Å². The molecule has 0 radical (unpaired) electrons. The van der Waals surface area contributed by atoms with Gasteiger partial charge in [-0.25, -0.2) is 9.59 Å². The molecule has 0 spiro atoms. The first kappa shape index (κ1) is 13.0. The molecule has 1 aromatic carbocycles. The number of carboxylic acids is 1. The van der Waals surface area contributed by atoms with Crippen molar-refractivity contribution in [1.82, 2.24) is 9.55 Å². The van der Waals surface area contributed by atoms with Crippen molar-refractivity contribution >= 4 is 17.0 Å². The summed E-state index contributed by atoms with van der Waals surface area (Å²) in [4.78, 5) is 26.0. The third-order valence-electron chi connectivity index (χ3n) is 4.36. The fourth-order valence-electron chi connectivity index (χ4n) is 3.27. The van der Waals surface area contributed by atoms with Gasteiger partial charge in [-0.05, 0) is 37.0 Å². The molecule has 2 atom stereocenters. The van der Waals surface area contributed by atoms with Crippen LogP contribution in [0.4, 0.5) is 0 Å². The number of aromatic amines is 1. The topological polar surface area (TPSA) is 75.1 Å². The summed E-state index contributed by atoms with van der Waals surface area (Å²) >= 11 is 0. The molecule has 106 valence electrons. The van der Waals surface area contributed by atoms with E-state index in [0.717, 1.165) is 24.8 Å². The summed E-state index contributed by atoms with van der Waals surface area (Å²) in [6.07, 6.45) is 4.50. The minimum absolute atomic E-state index is 0.138. The van der Waals surface area contributed by atoms with Crippen LogP contribution in [-0.2, 0) is 0 Å². The molecule has 0 bridgehead atoms. The third kappa shape index (κ3) is 2.03. The Labute approximate surface area is 116 Å². The molecule has 5 heteroatoms. The molecule has 2 unspecified atom stereocenters. The van der Waals surface area contributed by atoms with Gasteiger partial charge in [0, 0.05) is 6.04 Å². The smallest absolute Gasteiger partial charge is 0.335 e. The quantitative estimate of drug-likeness (QED) is 0.884. The van der Waals surface area contributed by atoms with Crippen LogP contribution in [0.5, 0.6) is 0 Å². The second-order valence-electron chi connectivity index (χ2n) is 5.67. The predicted molar refractivity (Wildman–Crippen MR) is 76.2 cm³/mol. The van der Waals surface area contributed by atoms with E-state index in [1.165, 1.54) is 12.5 Å². The highest BCUT2D eigenvalue weighted by molar-refractivity contribution is 5.92. The number of imidazole rings is 1. The number of aromatic carboxylic acids is 1. The van der Waals surface area contributed by atoms with Gasteiger partial charge in [-0.15, -0.1) is 0 Å². The maximum absolute atomic E-state index is 12.2. The number of nitrogens with one attached hydrogen (secondary N) is 1. The fourth-order valence-corrected chi connectivity index (χ4v) is 3.27. The Morgan fingerprint density at radius 2 is 2.10 bits per heavy atom. The molecule has 5 nitrogen and oxygen atoms in total.